The Morgan fingerprint density at radius 2 is 2.07 bits per heavy atom. The highest BCUT2D eigenvalue weighted by atomic mass is 35.5. The van der Waals surface area contributed by atoms with Crippen LogP contribution in [0, 0.1) is 0 Å². The standard InChI is InChI=1S/C23H21ClN4O/c1-28-11-23(12-28)10-26-22(29)19-16-6-5-14-9-25-18(13-3-2-4-15(24)7-13)8-17(14)20(16)27-21(19)23/h2-4,7-9,27H,5-6,10-12H2,1H3,(H,26,29). The maximum absolute atomic E-state index is 12.8. The highest BCUT2D eigenvalue weighted by molar-refractivity contribution is 6.30. The molecule has 0 radical (unpaired) electrons. The number of benzene rings is 1. The second kappa shape index (κ2) is 5.94. The summed E-state index contributed by atoms with van der Waals surface area (Å²) in [4.78, 5) is 23.5. The highest BCUT2D eigenvalue weighted by Gasteiger charge is 2.50. The lowest BCUT2D eigenvalue weighted by atomic mass is 9.73. The molecule has 2 N–H and O–H groups in total. The average molecular weight is 405 g/mol. The van der Waals surface area contributed by atoms with E-state index in [0.717, 1.165) is 65.3 Å². The summed E-state index contributed by atoms with van der Waals surface area (Å²) in [7, 11) is 2.13. The third-order valence-corrected chi connectivity index (χ3v) is 6.85. The van der Waals surface area contributed by atoms with Crippen molar-refractivity contribution in [2.45, 2.75) is 18.3 Å². The van der Waals surface area contributed by atoms with Crippen LogP contribution in [-0.2, 0) is 18.3 Å². The van der Waals surface area contributed by atoms with Gasteiger partial charge in [-0.3, -0.25) is 9.78 Å². The number of nitrogens with one attached hydrogen (secondary N) is 2. The van der Waals surface area contributed by atoms with Gasteiger partial charge in [0.2, 0.25) is 0 Å². The quantitative estimate of drug-likeness (QED) is 0.653. The van der Waals surface area contributed by atoms with Crippen molar-refractivity contribution in [2.24, 2.45) is 0 Å². The highest BCUT2D eigenvalue weighted by Crippen LogP contribution is 2.44. The van der Waals surface area contributed by atoms with Crippen molar-refractivity contribution >= 4 is 17.5 Å². The molecular weight excluding hydrogens is 384 g/mol. The number of nitrogens with zero attached hydrogens (tertiary/aromatic N) is 2. The topological polar surface area (TPSA) is 61.0 Å². The van der Waals surface area contributed by atoms with E-state index in [1.165, 1.54) is 5.56 Å². The summed E-state index contributed by atoms with van der Waals surface area (Å²) >= 11 is 6.19. The van der Waals surface area contributed by atoms with Crippen molar-refractivity contribution in [3.63, 3.8) is 0 Å². The fourth-order valence-corrected chi connectivity index (χ4v) is 5.52. The normalized spacial score (nSPS) is 19.2. The predicted molar refractivity (Wildman–Crippen MR) is 113 cm³/mol. The van der Waals surface area contributed by atoms with Crippen LogP contribution in [0.2, 0.25) is 5.02 Å². The number of likely N-dealkylation sites (N-methyl/N-ethyl adjacent to an activating group) is 1. The van der Waals surface area contributed by atoms with E-state index < -0.39 is 0 Å². The third kappa shape index (κ3) is 2.44. The molecule has 0 bridgehead atoms. The fraction of sp³-hybridized carbons (Fsp3) is 0.304. The first kappa shape index (κ1) is 17.2. The number of likely N-dealkylation sites (tertiary alicyclic amines) is 1. The summed E-state index contributed by atoms with van der Waals surface area (Å²) in [6.45, 7) is 2.65. The molecule has 0 atom stereocenters. The molecule has 0 saturated carbocycles. The van der Waals surface area contributed by atoms with Crippen LogP contribution in [0.5, 0.6) is 0 Å². The van der Waals surface area contributed by atoms with Crippen LogP contribution < -0.4 is 5.32 Å². The Morgan fingerprint density at radius 3 is 2.86 bits per heavy atom. The van der Waals surface area contributed by atoms with Crippen LogP contribution in [0.15, 0.2) is 36.5 Å². The maximum atomic E-state index is 12.8. The van der Waals surface area contributed by atoms with Gasteiger partial charge in [-0.1, -0.05) is 23.7 Å². The lowest BCUT2D eigenvalue weighted by Gasteiger charge is -2.50. The number of H-pyrrole nitrogens is 1. The molecule has 6 rings (SSSR count). The molecule has 2 aromatic heterocycles. The number of rotatable bonds is 1. The van der Waals surface area contributed by atoms with E-state index >= 15 is 0 Å². The van der Waals surface area contributed by atoms with Gasteiger partial charge < -0.3 is 15.2 Å². The SMILES string of the molecule is CN1CC2(CNC(=O)c3c2[nH]c2c3CCc3cnc(-c4cccc(Cl)c4)cc3-2)C1. The number of pyridine rings is 1. The summed E-state index contributed by atoms with van der Waals surface area (Å²) < 4.78 is 0. The number of aryl methyl sites for hydroxylation is 1. The average Bonchev–Trinajstić information content (AvgIpc) is 3.10. The molecule has 1 aromatic carbocycles. The minimum Gasteiger partial charge on any atom is -0.357 e. The van der Waals surface area contributed by atoms with Gasteiger partial charge in [0, 0.05) is 47.7 Å². The summed E-state index contributed by atoms with van der Waals surface area (Å²) in [6.07, 6.45) is 3.74. The number of carbonyl (C=O) groups excluding carboxylic acids is 1. The molecule has 2 aliphatic heterocycles. The number of carbonyl (C=O) groups is 1. The van der Waals surface area contributed by atoms with Gasteiger partial charge in [-0.25, -0.2) is 0 Å². The first-order valence-electron chi connectivity index (χ1n) is 10.0. The van der Waals surface area contributed by atoms with Crippen molar-refractivity contribution in [1.29, 1.82) is 0 Å². The number of amides is 1. The van der Waals surface area contributed by atoms with E-state index in [1.807, 2.05) is 30.5 Å². The van der Waals surface area contributed by atoms with Gasteiger partial charge in [0.25, 0.3) is 5.91 Å². The Balaban J connectivity index is 1.52. The van der Waals surface area contributed by atoms with Crippen LogP contribution in [-0.4, -0.2) is 47.5 Å². The number of hydrogen-bond donors (Lipinski definition) is 2. The van der Waals surface area contributed by atoms with Gasteiger partial charge in [0.05, 0.1) is 22.4 Å². The van der Waals surface area contributed by atoms with Gasteiger partial charge in [0.1, 0.15) is 0 Å². The summed E-state index contributed by atoms with van der Waals surface area (Å²) in [6, 6.07) is 9.91. The molecule has 1 amide bonds. The van der Waals surface area contributed by atoms with Gasteiger partial charge in [-0.15, -0.1) is 0 Å². The van der Waals surface area contributed by atoms with Crippen LogP contribution in [0.3, 0.4) is 0 Å². The number of aromatic amines is 1. The minimum absolute atomic E-state index is 0.0122. The molecule has 4 heterocycles. The smallest absolute Gasteiger partial charge is 0.253 e. The van der Waals surface area contributed by atoms with Gasteiger partial charge in [-0.05, 0) is 49.2 Å². The zero-order valence-electron chi connectivity index (χ0n) is 16.2. The molecule has 29 heavy (non-hydrogen) atoms. The molecule has 146 valence electrons. The zero-order valence-corrected chi connectivity index (χ0v) is 16.9. The molecule has 3 aromatic rings. The van der Waals surface area contributed by atoms with Gasteiger partial charge in [-0.2, -0.15) is 0 Å². The number of halogens is 1. The molecular formula is C23H21ClN4O. The molecule has 6 heteroatoms. The Kier molecular flexibility index (Phi) is 3.53. The first-order chi connectivity index (χ1) is 14.0. The predicted octanol–water partition coefficient (Wildman–Crippen LogP) is 3.42. The van der Waals surface area contributed by atoms with Crippen molar-refractivity contribution in [3.05, 3.63) is 63.9 Å². The second-order valence-electron chi connectivity index (χ2n) is 8.60. The Morgan fingerprint density at radius 1 is 1.21 bits per heavy atom. The number of fused-ring (bicyclic) bond motifs is 6. The second-order valence-corrected chi connectivity index (χ2v) is 9.04. The first-order valence-corrected chi connectivity index (χ1v) is 10.4. The van der Waals surface area contributed by atoms with E-state index in [9.17, 15) is 4.79 Å². The van der Waals surface area contributed by atoms with E-state index in [4.69, 9.17) is 11.6 Å². The number of aromatic nitrogens is 2. The molecule has 5 nitrogen and oxygen atoms in total. The molecule has 1 saturated heterocycles. The Bertz CT molecular complexity index is 1180. The lowest BCUT2D eigenvalue weighted by Crippen LogP contribution is -2.65. The molecule has 0 unspecified atom stereocenters. The van der Waals surface area contributed by atoms with E-state index in [-0.39, 0.29) is 11.3 Å². The molecule has 1 aliphatic carbocycles. The van der Waals surface area contributed by atoms with Crippen LogP contribution in [0.1, 0.15) is 27.2 Å². The third-order valence-electron chi connectivity index (χ3n) is 6.61. The Labute approximate surface area is 174 Å². The van der Waals surface area contributed by atoms with Crippen molar-refractivity contribution < 1.29 is 4.79 Å². The van der Waals surface area contributed by atoms with Crippen molar-refractivity contribution in [1.82, 2.24) is 20.2 Å². The van der Waals surface area contributed by atoms with Crippen LogP contribution in [0.25, 0.3) is 22.5 Å². The van der Waals surface area contributed by atoms with Crippen molar-refractivity contribution in [2.75, 3.05) is 26.7 Å². The van der Waals surface area contributed by atoms with Gasteiger partial charge in [0.15, 0.2) is 0 Å². The summed E-state index contributed by atoms with van der Waals surface area (Å²) in [5, 5.41) is 3.84. The summed E-state index contributed by atoms with van der Waals surface area (Å²) in [5.74, 6) is 0.0604. The van der Waals surface area contributed by atoms with Crippen molar-refractivity contribution in [3.8, 4) is 22.5 Å². The molecule has 1 spiro atoms. The Hall–Kier alpha value is -2.63. The van der Waals surface area contributed by atoms with Crippen LogP contribution >= 0.6 is 11.6 Å². The van der Waals surface area contributed by atoms with E-state index in [2.05, 4.69) is 33.3 Å². The van der Waals surface area contributed by atoms with E-state index in [0.29, 0.717) is 11.6 Å². The van der Waals surface area contributed by atoms with Crippen LogP contribution in [0.4, 0.5) is 0 Å². The molecule has 1 fully saturated rings. The zero-order chi connectivity index (χ0) is 19.8. The van der Waals surface area contributed by atoms with Gasteiger partial charge >= 0.3 is 0 Å². The van der Waals surface area contributed by atoms with E-state index in [1.54, 1.807) is 0 Å². The summed E-state index contributed by atoms with van der Waals surface area (Å²) in [5.41, 5.74) is 8.54. The lowest BCUT2D eigenvalue weighted by molar-refractivity contribution is 0.0688. The maximum Gasteiger partial charge on any atom is 0.253 e. The fourth-order valence-electron chi connectivity index (χ4n) is 5.33. The molecule has 3 aliphatic rings. The monoisotopic (exact) mass is 404 g/mol. The largest absolute Gasteiger partial charge is 0.357 e. The number of hydrogen-bond acceptors (Lipinski definition) is 3. The minimum atomic E-state index is 0.0122.